The molecular formula is C18H17F2N4O3+. The van der Waals surface area contributed by atoms with E-state index in [4.69, 9.17) is 4.42 Å². The molecule has 27 heavy (non-hydrogen) atoms. The van der Waals surface area contributed by atoms with Crippen LogP contribution in [0.3, 0.4) is 0 Å². The van der Waals surface area contributed by atoms with Crippen molar-refractivity contribution in [3.63, 3.8) is 0 Å². The lowest BCUT2D eigenvalue weighted by Gasteiger charge is -2.15. The minimum Gasteiger partial charge on any atom is -0.415 e. The van der Waals surface area contributed by atoms with Crippen LogP contribution in [0, 0.1) is 21.7 Å². The molecule has 0 spiro atoms. The van der Waals surface area contributed by atoms with Crippen LogP contribution < -0.4 is 5.32 Å². The molecule has 140 valence electrons. The fourth-order valence-corrected chi connectivity index (χ4v) is 2.75. The number of non-ortho nitro benzene ring substituents is 1. The van der Waals surface area contributed by atoms with Gasteiger partial charge in [-0.3, -0.25) is 10.1 Å². The van der Waals surface area contributed by atoms with E-state index in [2.05, 4.69) is 10.2 Å². The van der Waals surface area contributed by atoms with Crippen molar-refractivity contribution in [2.75, 3.05) is 0 Å². The lowest BCUT2D eigenvalue weighted by Crippen LogP contribution is -2.85. The van der Waals surface area contributed by atoms with Crippen molar-refractivity contribution in [3.05, 3.63) is 75.7 Å². The highest BCUT2D eigenvalue weighted by Gasteiger charge is 2.23. The first-order valence-electron chi connectivity index (χ1n) is 8.23. The number of halogens is 2. The lowest BCUT2D eigenvalue weighted by molar-refractivity contribution is -0.730. The van der Waals surface area contributed by atoms with Crippen molar-refractivity contribution < 1.29 is 23.4 Å². The van der Waals surface area contributed by atoms with Gasteiger partial charge in [0.1, 0.15) is 17.7 Å². The highest BCUT2D eigenvalue weighted by molar-refractivity contribution is 5.55. The fraction of sp³-hybridized carbons (Fsp3) is 0.222. The molecule has 0 amide bonds. The largest absolute Gasteiger partial charge is 0.415 e. The summed E-state index contributed by atoms with van der Waals surface area (Å²) in [5.41, 5.74) is 0.901. The first kappa shape index (κ1) is 18.6. The molecule has 2 aromatic carbocycles. The first-order valence-corrected chi connectivity index (χ1v) is 8.23. The molecule has 3 aromatic rings. The van der Waals surface area contributed by atoms with Crippen LogP contribution in [0.25, 0.3) is 11.5 Å². The molecule has 2 N–H and O–H groups in total. The molecule has 0 bridgehead atoms. The SMILES string of the molecule is C[C@H]([NH2+][C@H](C)c1nnc(-c2ccc([N+](=O)[O-])cc2)o1)c1ccc(F)cc1F. The second kappa shape index (κ2) is 7.58. The van der Waals surface area contributed by atoms with E-state index in [1.165, 1.54) is 36.4 Å². The molecule has 0 radical (unpaired) electrons. The summed E-state index contributed by atoms with van der Waals surface area (Å²) >= 11 is 0. The van der Waals surface area contributed by atoms with E-state index in [1.54, 1.807) is 6.92 Å². The number of nitro benzene ring substituents is 1. The van der Waals surface area contributed by atoms with Crippen LogP contribution in [-0.4, -0.2) is 15.1 Å². The summed E-state index contributed by atoms with van der Waals surface area (Å²) in [5.74, 6) is -0.664. The van der Waals surface area contributed by atoms with Crippen molar-refractivity contribution in [1.29, 1.82) is 0 Å². The van der Waals surface area contributed by atoms with E-state index < -0.39 is 16.6 Å². The van der Waals surface area contributed by atoms with E-state index in [1.807, 2.05) is 12.2 Å². The number of quaternary nitrogens is 1. The minimum absolute atomic E-state index is 0.0321. The van der Waals surface area contributed by atoms with Crippen molar-refractivity contribution in [2.24, 2.45) is 0 Å². The lowest BCUT2D eigenvalue weighted by atomic mass is 10.1. The van der Waals surface area contributed by atoms with Crippen LogP contribution in [0.1, 0.15) is 37.4 Å². The van der Waals surface area contributed by atoms with Gasteiger partial charge in [-0.25, -0.2) is 8.78 Å². The zero-order valence-corrected chi connectivity index (χ0v) is 14.6. The van der Waals surface area contributed by atoms with Gasteiger partial charge in [0, 0.05) is 29.3 Å². The maximum absolute atomic E-state index is 13.9. The topological polar surface area (TPSA) is 98.7 Å². The summed E-state index contributed by atoms with van der Waals surface area (Å²) in [4.78, 5) is 10.2. The molecule has 0 aliphatic heterocycles. The van der Waals surface area contributed by atoms with Crippen molar-refractivity contribution in [3.8, 4) is 11.5 Å². The number of nitro groups is 1. The van der Waals surface area contributed by atoms with E-state index in [-0.39, 0.29) is 23.7 Å². The first-order chi connectivity index (χ1) is 12.8. The molecule has 2 atom stereocenters. The van der Waals surface area contributed by atoms with Gasteiger partial charge in [-0.1, -0.05) is 0 Å². The Morgan fingerprint density at radius 2 is 1.78 bits per heavy atom. The van der Waals surface area contributed by atoms with Gasteiger partial charge in [0.2, 0.25) is 5.89 Å². The second-order valence-electron chi connectivity index (χ2n) is 6.19. The molecule has 0 aliphatic rings. The van der Waals surface area contributed by atoms with Crippen molar-refractivity contribution in [2.45, 2.75) is 25.9 Å². The van der Waals surface area contributed by atoms with Crippen molar-refractivity contribution in [1.82, 2.24) is 10.2 Å². The quantitative estimate of drug-likeness (QED) is 0.526. The van der Waals surface area contributed by atoms with Crippen molar-refractivity contribution >= 4 is 5.69 Å². The molecule has 9 heteroatoms. The average molecular weight is 375 g/mol. The molecule has 1 aromatic heterocycles. The van der Waals surface area contributed by atoms with Gasteiger partial charge in [0.25, 0.3) is 11.6 Å². The molecule has 0 unspecified atom stereocenters. The maximum atomic E-state index is 13.9. The minimum atomic E-state index is -0.624. The molecule has 0 aliphatic carbocycles. The third kappa shape index (κ3) is 4.14. The Morgan fingerprint density at radius 3 is 2.41 bits per heavy atom. The van der Waals surface area contributed by atoms with Gasteiger partial charge >= 0.3 is 0 Å². The Labute approximate surface area is 153 Å². The Hall–Kier alpha value is -3.20. The zero-order valence-electron chi connectivity index (χ0n) is 14.6. The van der Waals surface area contributed by atoms with Gasteiger partial charge in [0.15, 0.2) is 6.04 Å². The third-order valence-corrected chi connectivity index (χ3v) is 4.19. The summed E-state index contributed by atoms with van der Waals surface area (Å²) in [7, 11) is 0. The Kier molecular flexibility index (Phi) is 5.22. The van der Waals surface area contributed by atoms with E-state index in [0.29, 0.717) is 17.0 Å². The Balaban J connectivity index is 1.72. The van der Waals surface area contributed by atoms with E-state index in [0.717, 1.165) is 6.07 Å². The van der Waals surface area contributed by atoms with Crippen LogP contribution >= 0.6 is 0 Å². The number of hydrogen-bond donors (Lipinski definition) is 1. The fourth-order valence-electron chi connectivity index (χ4n) is 2.75. The standard InChI is InChI=1S/C18H16F2N4O3/c1-10(15-8-5-13(19)9-16(15)20)21-11(2)17-22-23-18(27-17)12-3-6-14(7-4-12)24(25)26/h3-11,21H,1-2H3/p+1/t10-,11+/m0/s1. The predicted molar refractivity (Wildman–Crippen MR) is 91.5 cm³/mol. The number of aromatic nitrogens is 2. The predicted octanol–water partition coefficient (Wildman–Crippen LogP) is 3.31. The van der Waals surface area contributed by atoms with Gasteiger partial charge < -0.3 is 9.73 Å². The number of rotatable bonds is 6. The molecule has 0 saturated carbocycles. The highest BCUT2D eigenvalue weighted by atomic mass is 19.1. The summed E-state index contributed by atoms with van der Waals surface area (Å²) in [6.07, 6.45) is 0. The van der Waals surface area contributed by atoms with E-state index in [9.17, 15) is 18.9 Å². The number of nitrogens with zero attached hydrogens (tertiary/aromatic N) is 3. The highest BCUT2D eigenvalue weighted by Crippen LogP contribution is 2.23. The third-order valence-electron chi connectivity index (χ3n) is 4.19. The van der Waals surface area contributed by atoms with Crippen LogP contribution in [0.2, 0.25) is 0 Å². The smallest absolute Gasteiger partial charge is 0.274 e. The van der Waals surface area contributed by atoms with Gasteiger partial charge in [-0.05, 0) is 38.1 Å². The van der Waals surface area contributed by atoms with Crippen LogP contribution in [-0.2, 0) is 0 Å². The number of hydrogen-bond acceptors (Lipinski definition) is 5. The average Bonchev–Trinajstić information content (AvgIpc) is 3.12. The molecular weight excluding hydrogens is 358 g/mol. The molecule has 1 heterocycles. The van der Waals surface area contributed by atoms with Crippen LogP contribution in [0.4, 0.5) is 14.5 Å². The second-order valence-corrected chi connectivity index (χ2v) is 6.19. The normalized spacial score (nSPS) is 13.3. The van der Waals surface area contributed by atoms with E-state index >= 15 is 0 Å². The van der Waals surface area contributed by atoms with Crippen LogP contribution in [0.5, 0.6) is 0 Å². The molecule has 0 saturated heterocycles. The summed E-state index contributed by atoms with van der Waals surface area (Å²) in [6, 6.07) is 8.67. The van der Waals surface area contributed by atoms with Gasteiger partial charge in [-0.15, -0.1) is 10.2 Å². The maximum Gasteiger partial charge on any atom is 0.274 e. The molecule has 7 nitrogen and oxygen atoms in total. The van der Waals surface area contributed by atoms with Crippen LogP contribution in [0.15, 0.2) is 46.9 Å². The summed E-state index contributed by atoms with van der Waals surface area (Å²) < 4.78 is 32.6. The summed E-state index contributed by atoms with van der Waals surface area (Å²) in [6.45, 7) is 3.62. The van der Waals surface area contributed by atoms with Gasteiger partial charge in [0.05, 0.1) is 4.92 Å². The Bertz CT molecular complexity index is 959. The monoisotopic (exact) mass is 375 g/mol. The molecule has 3 rings (SSSR count). The number of nitrogens with two attached hydrogens (primary N) is 1. The summed E-state index contributed by atoms with van der Waals surface area (Å²) in [5, 5.41) is 20.5. The number of benzene rings is 2. The molecule has 0 fully saturated rings. The van der Waals surface area contributed by atoms with Gasteiger partial charge in [-0.2, -0.15) is 0 Å². The Morgan fingerprint density at radius 1 is 1.07 bits per heavy atom. The zero-order chi connectivity index (χ0) is 19.6.